The van der Waals surface area contributed by atoms with E-state index in [4.69, 9.17) is 0 Å². The Morgan fingerprint density at radius 3 is 2.67 bits per heavy atom. The number of nitrogens with one attached hydrogen (secondary N) is 2. The van der Waals surface area contributed by atoms with Crippen LogP contribution < -0.4 is 10.0 Å². The van der Waals surface area contributed by atoms with Crippen LogP contribution in [-0.2, 0) is 16.6 Å². The molecule has 0 aromatic carbocycles. The van der Waals surface area contributed by atoms with Crippen LogP contribution in [0.5, 0.6) is 0 Å². The molecule has 1 atom stereocenters. The normalized spacial score (nSPS) is 18.2. The van der Waals surface area contributed by atoms with Crippen LogP contribution >= 0.6 is 11.3 Å². The number of hydrogen-bond donors (Lipinski definition) is 2. The summed E-state index contributed by atoms with van der Waals surface area (Å²) in [6, 6.07) is 2.01. The molecule has 2 N–H and O–H groups in total. The summed E-state index contributed by atoms with van der Waals surface area (Å²) < 4.78 is 27.9. The van der Waals surface area contributed by atoms with Gasteiger partial charge in [-0.15, -0.1) is 11.3 Å². The maximum Gasteiger partial charge on any atom is 0.250 e. The molecule has 5 nitrogen and oxygen atoms in total. The standard InChI is InChI=1S/C14H25N3O2S2/c1-11-8-14(20-13(11)10-15-3)21(18,19)16-9-12(2)17-6-4-5-7-17/h8,12,15-16H,4-7,9-10H2,1-3H3. The van der Waals surface area contributed by atoms with Crippen molar-refractivity contribution in [1.29, 1.82) is 0 Å². The fourth-order valence-corrected chi connectivity index (χ4v) is 5.34. The van der Waals surface area contributed by atoms with Crippen molar-refractivity contribution < 1.29 is 8.42 Å². The first-order valence-corrected chi connectivity index (χ1v) is 9.71. The maximum atomic E-state index is 12.4. The molecule has 0 aliphatic carbocycles. The minimum Gasteiger partial charge on any atom is -0.315 e. The summed E-state index contributed by atoms with van der Waals surface area (Å²) in [5.41, 5.74) is 1.03. The van der Waals surface area contributed by atoms with E-state index >= 15 is 0 Å². The first-order valence-electron chi connectivity index (χ1n) is 7.41. The predicted molar refractivity (Wildman–Crippen MR) is 87.3 cm³/mol. The van der Waals surface area contributed by atoms with Crippen molar-refractivity contribution in [2.45, 2.75) is 43.5 Å². The Hall–Kier alpha value is -0.470. The largest absolute Gasteiger partial charge is 0.315 e. The van der Waals surface area contributed by atoms with Gasteiger partial charge in [-0.05, 0) is 58.5 Å². The topological polar surface area (TPSA) is 61.4 Å². The summed E-state index contributed by atoms with van der Waals surface area (Å²) in [5.74, 6) is 0. The molecule has 0 spiro atoms. The van der Waals surface area contributed by atoms with Crippen LogP contribution in [0.15, 0.2) is 10.3 Å². The van der Waals surface area contributed by atoms with Crippen molar-refractivity contribution in [3.8, 4) is 0 Å². The summed E-state index contributed by atoms with van der Waals surface area (Å²) in [6.45, 7) is 7.37. The van der Waals surface area contributed by atoms with Gasteiger partial charge in [0.25, 0.3) is 0 Å². The third kappa shape index (κ3) is 4.26. The minimum atomic E-state index is -3.39. The van der Waals surface area contributed by atoms with Gasteiger partial charge in [-0.1, -0.05) is 0 Å². The Labute approximate surface area is 131 Å². The number of aryl methyl sites for hydroxylation is 1. The van der Waals surface area contributed by atoms with Gasteiger partial charge in [-0.25, -0.2) is 13.1 Å². The predicted octanol–water partition coefficient (Wildman–Crippen LogP) is 1.54. The molecular formula is C14H25N3O2S2. The van der Waals surface area contributed by atoms with Crippen LogP contribution in [0.2, 0.25) is 0 Å². The quantitative estimate of drug-likeness (QED) is 0.796. The molecule has 1 saturated heterocycles. The fraction of sp³-hybridized carbons (Fsp3) is 0.714. The number of likely N-dealkylation sites (tertiary alicyclic amines) is 1. The molecule has 7 heteroatoms. The van der Waals surface area contributed by atoms with E-state index in [9.17, 15) is 8.42 Å². The first-order chi connectivity index (χ1) is 9.94. The Balaban J connectivity index is 1.99. The molecule has 1 aromatic rings. The van der Waals surface area contributed by atoms with Gasteiger partial charge in [0.2, 0.25) is 10.0 Å². The summed E-state index contributed by atoms with van der Waals surface area (Å²) in [7, 11) is -1.53. The number of rotatable bonds is 7. The molecule has 0 saturated carbocycles. The molecule has 1 fully saturated rings. The number of thiophene rings is 1. The van der Waals surface area contributed by atoms with E-state index in [1.165, 1.54) is 24.2 Å². The Bertz CT molecular complexity index is 563. The zero-order valence-electron chi connectivity index (χ0n) is 13.0. The van der Waals surface area contributed by atoms with E-state index in [2.05, 4.69) is 21.9 Å². The Morgan fingerprint density at radius 1 is 1.38 bits per heavy atom. The molecule has 1 aromatic heterocycles. The molecule has 120 valence electrons. The summed E-state index contributed by atoms with van der Waals surface area (Å²) in [5, 5.41) is 3.07. The second-order valence-electron chi connectivity index (χ2n) is 5.65. The lowest BCUT2D eigenvalue weighted by molar-refractivity contribution is 0.260. The lowest BCUT2D eigenvalue weighted by Gasteiger charge is -2.23. The summed E-state index contributed by atoms with van der Waals surface area (Å²) in [6.07, 6.45) is 2.43. The molecule has 21 heavy (non-hydrogen) atoms. The molecule has 2 rings (SSSR count). The SMILES string of the molecule is CNCc1sc(S(=O)(=O)NCC(C)N2CCCC2)cc1C. The second-order valence-corrected chi connectivity index (χ2v) is 8.78. The summed E-state index contributed by atoms with van der Waals surface area (Å²) in [4.78, 5) is 3.42. The Kier molecular flexibility index (Phi) is 5.79. The smallest absolute Gasteiger partial charge is 0.250 e. The van der Waals surface area contributed by atoms with Crippen molar-refractivity contribution in [3.63, 3.8) is 0 Å². The number of nitrogens with zero attached hydrogens (tertiary/aromatic N) is 1. The molecular weight excluding hydrogens is 306 g/mol. The zero-order valence-corrected chi connectivity index (χ0v) is 14.6. The van der Waals surface area contributed by atoms with Crippen molar-refractivity contribution >= 4 is 21.4 Å². The highest BCUT2D eigenvalue weighted by molar-refractivity contribution is 7.91. The number of sulfonamides is 1. The van der Waals surface area contributed by atoms with Crippen molar-refractivity contribution in [2.75, 3.05) is 26.7 Å². The van der Waals surface area contributed by atoms with Gasteiger partial charge in [-0.2, -0.15) is 0 Å². The van der Waals surface area contributed by atoms with Gasteiger partial charge < -0.3 is 5.32 Å². The van der Waals surface area contributed by atoms with Crippen LogP contribution in [0.4, 0.5) is 0 Å². The van der Waals surface area contributed by atoms with Crippen LogP contribution in [0.1, 0.15) is 30.2 Å². The molecule has 1 aliphatic heterocycles. The van der Waals surface area contributed by atoms with Crippen molar-refractivity contribution in [1.82, 2.24) is 14.9 Å². The van der Waals surface area contributed by atoms with Crippen molar-refractivity contribution in [2.24, 2.45) is 0 Å². The van der Waals surface area contributed by atoms with Gasteiger partial charge in [0, 0.05) is 24.0 Å². The monoisotopic (exact) mass is 331 g/mol. The second kappa shape index (κ2) is 7.19. The highest BCUT2D eigenvalue weighted by Gasteiger charge is 2.22. The average Bonchev–Trinajstić information content (AvgIpc) is 3.07. The molecule has 0 amide bonds. The van der Waals surface area contributed by atoms with E-state index in [1.807, 2.05) is 14.0 Å². The van der Waals surface area contributed by atoms with E-state index in [-0.39, 0.29) is 6.04 Å². The third-order valence-electron chi connectivity index (χ3n) is 3.93. The molecule has 0 bridgehead atoms. The van der Waals surface area contributed by atoms with Crippen LogP contribution in [0, 0.1) is 6.92 Å². The molecule has 0 radical (unpaired) electrons. The Morgan fingerprint density at radius 2 is 2.05 bits per heavy atom. The highest BCUT2D eigenvalue weighted by Crippen LogP contribution is 2.25. The summed E-state index contributed by atoms with van der Waals surface area (Å²) >= 11 is 1.35. The molecule has 2 heterocycles. The molecule has 1 unspecified atom stereocenters. The average molecular weight is 332 g/mol. The van der Waals surface area contributed by atoms with Gasteiger partial charge in [-0.3, -0.25) is 4.90 Å². The van der Waals surface area contributed by atoms with Gasteiger partial charge in [0.15, 0.2) is 0 Å². The fourth-order valence-electron chi connectivity index (χ4n) is 2.57. The zero-order chi connectivity index (χ0) is 15.5. The number of hydrogen-bond acceptors (Lipinski definition) is 5. The van der Waals surface area contributed by atoms with E-state index in [0.717, 1.165) is 23.5 Å². The van der Waals surface area contributed by atoms with E-state index in [1.54, 1.807) is 6.07 Å². The van der Waals surface area contributed by atoms with Crippen LogP contribution in [-0.4, -0.2) is 46.0 Å². The van der Waals surface area contributed by atoms with Crippen LogP contribution in [0.25, 0.3) is 0 Å². The highest BCUT2D eigenvalue weighted by atomic mass is 32.2. The van der Waals surface area contributed by atoms with Crippen LogP contribution in [0.3, 0.4) is 0 Å². The van der Waals surface area contributed by atoms with Crippen molar-refractivity contribution in [3.05, 3.63) is 16.5 Å². The van der Waals surface area contributed by atoms with Gasteiger partial charge in [0.05, 0.1) is 0 Å². The third-order valence-corrected chi connectivity index (χ3v) is 7.07. The lowest BCUT2D eigenvalue weighted by atomic mass is 10.3. The van der Waals surface area contributed by atoms with Gasteiger partial charge in [0.1, 0.15) is 4.21 Å². The molecule has 1 aliphatic rings. The first kappa shape index (κ1) is 16.9. The minimum absolute atomic E-state index is 0.250. The van der Waals surface area contributed by atoms with E-state index in [0.29, 0.717) is 17.3 Å². The lowest BCUT2D eigenvalue weighted by Crippen LogP contribution is -2.40. The van der Waals surface area contributed by atoms with Gasteiger partial charge >= 0.3 is 0 Å². The maximum absolute atomic E-state index is 12.4. The van der Waals surface area contributed by atoms with E-state index < -0.39 is 10.0 Å².